The maximum atomic E-state index is 12.2. The van der Waals surface area contributed by atoms with Crippen LogP contribution in [0.15, 0.2) is 35.2 Å². The second-order valence-corrected chi connectivity index (χ2v) is 6.81. The molecule has 0 amide bonds. The minimum atomic E-state index is -3.47. The Morgan fingerprint density at radius 3 is 2.48 bits per heavy atom. The number of unbranched alkanes of at least 4 members (excludes halogenated alkanes) is 1. The van der Waals surface area contributed by atoms with Crippen molar-refractivity contribution in [3.8, 4) is 0 Å². The number of aryl methyl sites for hydroxylation is 3. The highest BCUT2D eigenvalue weighted by Crippen LogP contribution is 2.16. The Morgan fingerprint density at radius 1 is 1.14 bits per heavy atom. The van der Waals surface area contributed by atoms with Gasteiger partial charge in [-0.2, -0.15) is 5.10 Å². The Balaban J connectivity index is 1.81. The monoisotopic (exact) mass is 307 g/mol. The lowest BCUT2D eigenvalue weighted by molar-refractivity contribution is 0.575. The smallest absolute Gasteiger partial charge is 0.244 e. The van der Waals surface area contributed by atoms with Crippen molar-refractivity contribution in [1.29, 1.82) is 0 Å². The Kier molecular flexibility index (Phi) is 5.14. The van der Waals surface area contributed by atoms with Gasteiger partial charge in [-0.05, 0) is 38.7 Å². The molecule has 6 heteroatoms. The first-order valence-electron chi connectivity index (χ1n) is 7.06. The lowest BCUT2D eigenvalue weighted by Crippen LogP contribution is -2.25. The van der Waals surface area contributed by atoms with Crippen molar-refractivity contribution in [2.24, 2.45) is 0 Å². The molecule has 5 nitrogen and oxygen atoms in total. The Morgan fingerprint density at radius 2 is 1.86 bits per heavy atom. The molecule has 2 rings (SSSR count). The third kappa shape index (κ3) is 4.15. The van der Waals surface area contributed by atoms with Crippen molar-refractivity contribution in [1.82, 2.24) is 14.9 Å². The second-order valence-electron chi connectivity index (χ2n) is 5.10. The summed E-state index contributed by atoms with van der Waals surface area (Å²) >= 11 is 0. The number of benzene rings is 1. The molecule has 0 atom stereocenters. The van der Waals surface area contributed by atoms with Gasteiger partial charge in [0, 0.05) is 6.54 Å². The predicted octanol–water partition coefficient (Wildman–Crippen LogP) is 2.33. The van der Waals surface area contributed by atoms with Gasteiger partial charge in [-0.15, -0.1) is 0 Å². The molecule has 0 aliphatic rings. The van der Waals surface area contributed by atoms with Crippen LogP contribution in [-0.4, -0.2) is 25.2 Å². The van der Waals surface area contributed by atoms with E-state index in [9.17, 15) is 8.42 Å². The molecule has 0 bridgehead atoms. The van der Waals surface area contributed by atoms with Crippen molar-refractivity contribution < 1.29 is 8.42 Å². The predicted molar refractivity (Wildman–Crippen MR) is 82.6 cm³/mol. The molecule has 0 saturated heterocycles. The topological polar surface area (TPSA) is 74.8 Å². The second kappa shape index (κ2) is 6.87. The molecule has 0 unspecified atom stereocenters. The highest BCUT2D eigenvalue weighted by Gasteiger charge is 2.21. The van der Waals surface area contributed by atoms with Crippen LogP contribution in [0, 0.1) is 13.8 Å². The van der Waals surface area contributed by atoms with Crippen molar-refractivity contribution >= 4 is 10.0 Å². The van der Waals surface area contributed by atoms with Gasteiger partial charge in [0.05, 0.1) is 11.4 Å². The van der Waals surface area contributed by atoms with E-state index in [1.165, 1.54) is 5.56 Å². The molecule has 2 aromatic rings. The first kappa shape index (κ1) is 15.7. The number of aromatic amines is 1. The summed E-state index contributed by atoms with van der Waals surface area (Å²) in [6, 6.07) is 10.2. The number of nitrogens with one attached hydrogen (secondary N) is 2. The van der Waals surface area contributed by atoms with Crippen LogP contribution >= 0.6 is 0 Å². The molecule has 1 heterocycles. The van der Waals surface area contributed by atoms with E-state index in [-0.39, 0.29) is 4.90 Å². The molecule has 1 aromatic carbocycles. The van der Waals surface area contributed by atoms with Crippen LogP contribution in [0.4, 0.5) is 0 Å². The first-order chi connectivity index (χ1) is 10.0. The van der Waals surface area contributed by atoms with Crippen LogP contribution in [-0.2, 0) is 16.4 Å². The van der Waals surface area contributed by atoms with Gasteiger partial charge in [0.2, 0.25) is 10.0 Å². The van der Waals surface area contributed by atoms with E-state index in [0.29, 0.717) is 17.9 Å². The van der Waals surface area contributed by atoms with Gasteiger partial charge in [-0.25, -0.2) is 13.1 Å². The highest BCUT2D eigenvalue weighted by molar-refractivity contribution is 7.89. The van der Waals surface area contributed by atoms with Crippen molar-refractivity contribution in [2.45, 2.75) is 38.0 Å². The van der Waals surface area contributed by atoms with Gasteiger partial charge in [-0.1, -0.05) is 30.3 Å². The summed E-state index contributed by atoms with van der Waals surface area (Å²) in [5, 5.41) is 6.62. The third-order valence-corrected chi connectivity index (χ3v) is 5.08. The van der Waals surface area contributed by atoms with E-state index >= 15 is 0 Å². The quantitative estimate of drug-likeness (QED) is 0.771. The molecule has 0 aliphatic carbocycles. The van der Waals surface area contributed by atoms with E-state index in [0.717, 1.165) is 19.3 Å². The van der Waals surface area contributed by atoms with Gasteiger partial charge in [-0.3, -0.25) is 5.10 Å². The van der Waals surface area contributed by atoms with Crippen molar-refractivity contribution in [3.63, 3.8) is 0 Å². The Labute approximate surface area is 125 Å². The van der Waals surface area contributed by atoms with Gasteiger partial charge in [0.25, 0.3) is 0 Å². The summed E-state index contributed by atoms with van der Waals surface area (Å²) in [6.07, 6.45) is 2.73. The van der Waals surface area contributed by atoms with Gasteiger partial charge in [0.15, 0.2) is 0 Å². The highest BCUT2D eigenvalue weighted by atomic mass is 32.2. The number of H-pyrrole nitrogens is 1. The maximum Gasteiger partial charge on any atom is 0.244 e. The molecule has 0 radical (unpaired) electrons. The minimum Gasteiger partial charge on any atom is -0.281 e. The SMILES string of the molecule is Cc1n[nH]c(C)c1S(=O)(=O)NCCCCc1ccccc1. The van der Waals surface area contributed by atoms with Crippen molar-refractivity contribution in [2.75, 3.05) is 6.54 Å². The average Bonchev–Trinajstić information content (AvgIpc) is 2.79. The zero-order chi connectivity index (χ0) is 15.3. The maximum absolute atomic E-state index is 12.2. The van der Waals surface area contributed by atoms with Gasteiger partial charge < -0.3 is 0 Å². The van der Waals surface area contributed by atoms with E-state index in [1.807, 2.05) is 18.2 Å². The molecule has 0 spiro atoms. The fraction of sp³-hybridized carbons (Fsp3) is 0.400. The molecule has 0 saturated carbocycles. The van der Waals surface area contributed by atoms with Crippen LogP contribution in [0.25, 0.3) is 0 Å². The Bertz CT molecular complexity index is 659. The first-order valence-corrected chi connectivity index (χ1v) is 8.54. The number of sulfonamides is 1. The molecular formula is C15H21N3O2S. The molecule has 21 heavy (non-hydrogen) atoms. The summed E-state index contributed by atoms with van der Waals surface area (Å²) in [5.74, 6) is 0. The Hall–Kier alpha value is -1.66. The number of nitrogens with zero attached hydrogens (tertiary/aromatic N) is 1. The summed E-state index contributed by atoms with van der Waals surface area (Å²) in [5.41, 5.74) is 2.36. The largest absolute Gasteiger partial charge is 0.281 e. The van der Waals surface area contributed by atoms with Gasteiger partial charge >= 0.3 is 0 Å². The zero-order valence-corrected chi connectivity index (χ0v) is 13.2. The van der Waals surface area contributed by atoms with E-state index < -0.39 is 10.0 Å². The number of hydrogen-bond acceptors (Lipinski definition) is 3. The third-order valence-electron chi connectivity index (χ3n) is 3.36. The molecule has 1 aromatic heterocycles. The fourth-order valence-corrected chi connectivity index (χ4v) is 3.75. The summed E-state index contributed by atoms with van der Waals surface area (Å²) in [6.45, 7) is 3.84. The standard InChI is InChI=1S/C15H21N3O2S/c1-12-15(13(2)18-17-12)21(19,20)16-11-7-6-10-14-8-4-3-5-9-14/h3-5,8-9,16H,6-7,10-11H2,1-2H3,(H,17,18). The molecular weight excluding hydrogens is 286 g/mol. The van der Waals surface area contributed by atoms with Crippen LogP contribution in [0.2, 0.25) is 0 Å². The fourth-order valence-electron chi connectivity index (χ4n) is 2.31. The molecule has 2 N–H and O–H groups in total. The lowest BCUT2D eigenvalue weighted by Gasteiger charge is -2.07. The van der Waals surface area contributed by atoms with E-state index in [1.54, 1.807) is 13.8 Å². The lowest BCUT2D eigenvalue weighted by atomic mass is 10.1. The molecule has 114 valence electrons. The summed E-state index contributed by atoms with van der Waals surface area (Å²) in [7, 11) is -3.47. The van der Waals surface area contributed by atoms with Crippen LogP contribution in [0.3, 0.4) is 0 Å². The van der Waals surface area contributed by atoms with E-state index in [2.05, 4.69) is 27.1 Å². The normalized spacial score (nSPS) is 11.7. The van der Waals surface area contributed by atoms with Crippen molar-refractivity contribution in [3.05, 3.63) is 47.3 Å². The summed E-state index contributed by atoms with van der Waals surface area (Å²) < 4.78 is 27.0. The summed E-state index contributed by atoms with van der Waals surface area (Å²) in [4.78, 5) is 0.269. The zero-order valence-electron chi connectivity index (χ0n) is 12.4. The van der Waals surface area contributed by atoms with Crippen LogP contribution in [0.1, 0.15) is 29.8 Å². The van der Waals surface area contributed by atoms with Gasteiger partial charge in [0.1, 0.15) is 4.90 Å². The average molecular weight is 307 g/mol. The molecule has 0 aliphatic heterocycles. The minimum absolute atomic E-state index is 0.269. The van der Waals surface area contributed by atoms with Crippen LogP contribution < -0.4 is 4.72 Å². The number of aromatic nitrogens is 2. The van der Waals surface area contributed by atoms with Crippen LogP contribution in [0.5, 0.6) is 0 Å². The molecule has 0 fully saturated rings. The number of rotatable bonds is 7. The van der Waals surface area contributed by atoms with E-state index in [4.69, 9.17) is 0 Å². The number of hydrogen-bond donors (Lipinski definition) is 2.